The summed E-state index contributed by atoms with van der Waals surface area (Å²) in [7, 11) is 4.12. The van der Waals surface area contributed by atoms with Crippen molar-refractivity contribution in [2.24, 2.45) is 5.41 Å². The van der Waals surface area contributed by atoms with Gasteiger partial charge in [-0.2, -0.15) is 0 Å². The molecule has 0 saturated carbocycles. The van der Waals surface area contributed by atoms with Crippen molar-refractivity contribution >= 4 is 6.03 Å². The van der Waals surface area contributed by atoms with Crippen LogP contribution in [0.2, 0.25) is 0 Å². The molecule has 0 aromatic heterocycles. The minimum absolute atomic E-state index is 0.0157. The van der Waals surface area contributed by atoms with E-state index < -0.39 is 0 Å². The monoisotopic (exact) mass is 339 g/mol. The molecule has 0 bridgehead atoms. The van der Waals surface area contributed by atoms with Gasteiger partial charge in [0.15, 0.2) is 0 Å². The van der Waals surface area contributed by atoms with Gasteiger partial charge >= 0.3 is 6.03 Å². The number of likely N-dealkylation sites (tertiary alicyclic amines) is 2. The molecule has 0 radical (unpaired) electrons. The third-order valence-electron chi connectivity index (χ3n) is 5.71. The number of nitrogens with zero attached hydrogens (tertiary/aromatic N) is 3. The number of piperidine rings is 1. The average molecular weight is 339 g/mol. The van der Waals surface area contributed by atoms with Crippen LogP contribution in [0.1, 0.15) is 32.1 Å². The van der Waals surface area contributed by atoms with Crippen LogP contribution < -0.4 is 0 Å². The van der Waals surface area contributed by atoms with Gasteiger partial charge in [-0.1, -0.05) is 0 Å². The number of likely N-dealkylation sites (N-methyl/N-ethyl adjacent to an activating group) is 1. The van der Waals surface area contributed by atoms with Gasteiger partial charge in [-0.05, 0) is 46.2 Å². The zero-order valence-electron chi connectivity index (χ0n) is 15.3. The van der Waals surface area contributed by atoms with Crippen molar-refractivity contribution in [1.29, 1.82) is 0 Å². The summed E-state index contributed by atoms with van der Waals surface area (Å²) < 4.78 is 12.1. The highest BCUT2D eigenvalue weighted by Crippen LogP contribution is 2.40. The molecule has 2 amide bonds. The maximum absolute atomic E-state index is 12.8. The van der Waals surface area contributed by atoms with Crippen LogP contribution in [-0.2, 0) is 9.47 Å². The Labute approximate surface area is 146 Å². The molecule has 3 fully saturated rings. The SMILES string of the molecule is CN(C)CCOC[C@@]12CCCO[C@H]1CCN(C(=O)N1CCCC1)C2. The van der Waals surface area contributed by atoms with E-state index in [4.69, 9.17) is 9.47 Å². The van der Waals surface area contributed by atoms with Crippen LogP contribution in [0.25, 0.3) is 0 Å². The largest absolute Gasteiger partial charge is 0.379 e. The molecule has 3 aliphatic heterocycles. The molecule has 138 valence electrons. The Kier molecular flexibility index (Phi) is 6.00. The molecule has 2 atom stereocenters. The summed E-state index contributed by atoms with van der Waals surface area (Å²) in [5, 5.41) is 0. The molecule has 0 N–H and O–H groups in total. The van der Waals surface area contributed by atoms with Gasteiger partial charge in [-0.25, -0.2) is 4.79 Å². The number of rotatable bonds is 5. The van der Waals surface area contributed by atoms with E-state index in [0.717, 1.165) is 78.0 Å². The number of hydrogen-bond donors (Lipinski definition) is 0. The number of amides is 2. The van der Waals surface area contributed by atoms with E-state index in [0.29, 0.717) is 6.61 Å². The van der Waals surface area contributed by atoms with E-state index in [9.17, 15) is 4.79 Å². The van der Waals surface area contributed by atoms with Gasteiger partial charge in [0, 0.05) is 44.7 Å². The predicted octanol–water partition coefficient (Wildman–Crippen LogP) is 1.65. The van der Waals surface area contributed by atoms with Crippen molar-refractivity contribution in [2.75, 3.05) is 66.6 Å². The second-order valence-corrected chi connectivity index (χ2v) is 7.87. The van der Waals surface area contributed by atoms with E-state index in [-0.39, 0.29) is 17.6 Å². The molecular weight excluding hydrogens is 306 g/mol. The quantitative estimate of drug-likeness (QED) is 0.715. The van der Waals surface area contributed by atoms with Crippen LogP contribution in [0.5, 0.6) is 0 Å². The highest BCUT2D eigenvalue weighted by molar-refractivity contribution is 5.75. The molecular formula is C18H33N3O3. The number of urea groups is 1. The fourth-order valence-corrected chi connectivity index (χ4v) is 4.30. The normalized spacial score (nSPS) is 30.7. The van der Waals surface area contributed by atoms with Gasteiger partial charge < -0.3 is 24.2 Å². The van der Waals surface area contributed by atoms with E-state index in [1.807, 2.05) is 4.90 Å². The molecule has 24 heavy (non-hydrogen) atoms. The van der Waals surface area contributed by atoms with E-state index in [2.05, 4.69) is 23.9 Å². The average Bonchev–Trinajstić information content (AvgIpc) is 3.12. The number of ether oxygens (including phenoxy) is 2. The Morgan fingerprint density at radius 1 is 1.21 bits per heavy atom. The van der Waals surface area contributed by atoms with Crippen molar-refractivity contribution in [3.05, 3.63) is 0 Å². The van der Waals surface area contributed by atoms with Crippen molar-refractivity contribution in [1.82, 2.24) is 14.7 Å². The molecule has 0 aromatic rings. The maximum Gasteiger partial charge on any atom is 0.320 e. The lowest BCUT2D eigenvalue weighted by molar-refractivity contribution is -0.147. The molecule has 6 nitrogen and oxygen atoms in total. The summed E-state index contributed by atoms with van der Waals surface area (Å²) in [5.41, 5.74) is -0.0157. The lowest BCUT2D eigenvalue weighted by Crippen LogP contribution is -2.59. The summed E-state index contributed by atoms with van der Waals surface area (Å²) in [6.07, 6.45) is 5.64. The fraction of sp³-hybridized carbons (Fsp3) is 0.944. The molecule has 3 heterocycles. The Bertz CT molecular complexity index is 426. The molecule has 0 aromatic carbocycles. The molecule has 0 spiro atoms. The smallest absolute Gasteiger partial charge is 0.320 e. The van der Waals surface area contributed by atoms with Crippen LogP contribution in [0, 0.1) is 5.41 Å². The van der Waals surface area contributed by atoms with Gasteiger partial charge in [-0.15, -0.1) is 0 Å². The van der Waals surface area contributed by atoms with Crippen molar-refractivity contribution < 1.29 is 14.3 Å². The Morgan fingerprint density at radius 3 is 2.75 bits per heavy atom. The van der Waals surface area contributed by atoms with Crippen LogP contribution in [0.3, 0.4) is 0 Å². The van der Waals surface area contributed by atoms with Crippen molar-refractivity contribution in [3.8, 4) is 0 Å². The highest BCUT2D eigenvalue weighted by Gasteiger charge is 2.47. The number of carbonyl (C=O) groups is 1. The van der Waals surface area contributed by atoms with Crippen LogP contribution in [-0.4, -0.2) is 93.5 Å². The van der Waals surface area contributed by atoms with Gasteiger partial charge in [0.25, 0.3) is 0 Å². The molecule has 0 unspecified atom stereocenters. The van der Waals surface area contributed by atoms with Crippen molar-refractivity contribution in [3.63, 3.8) is 0 Å². The van der Waals surface area contributed by atoms with E-state index in [1.165, 1.54) is 0 Å². The van der Waals surface area contributed by atoms with Gasteiger partial charge in [0.05, 0.1) is 19.3 Å². The third-order valence-corrected chi connectivity index (χ3v) is 5.71. The zero-order valence-corrected chi connectivity index (χ0v) is 15.3. The zero-order chi connectivity index (χ0) is 17.0. The second-order valence-electron chi connectivity index (χ2n) is 7.87. The van der Waals surface area contributed by atoms with Gasteiger partial charge in [0.2, 0.25) is 0 Å². The fourth-order valence-electron chi connectivity index (χ4n) is 4.30. The van der Waals surface area contributed by atoms with Crippen molar-refractivity contribution in [2.45, 2.75) is 38.2 Å². The summed E-state index contributed by atoms with van der Waals surface area (Å²) >= 11 is 0. The van der Waals surface area contributed by atoms with Crippen LogP contribution in [0.4, 0.5) is 4.79 Å². The summed E-state index contributed by atoms with van der Waals surface area (Å²) in [6.45, 7) is 6.66. The first-order valence-electron chi connectivity index (χ1n) is 9.49. The van der Waals surface area contributed by atoms with Gasteiger partial charge in [0.1, 0.15) is 0 Å². The predicted molar refractivity (Wildman–Crippen MR) is 93.2 cm³/mol. The van der Waals surface area contributed by atoms with E-state index in [1.54, 1.807) is 0 Å². The van der Waals surface area contributed by atoms with Crippen LogP contribution >= 0.6 is 0 Å². The summed E-state index contributed by atoms with van der Waals surface area (Å²) in [4.78, 5) is 19.0. The van der Waals surface area contributed by atoms with E-state index >= 15 is 0 Å². The highest BCUT2D eigenvalue weighted by atomic mass is 16.5. The Balaban J connectivity index is 1.61. The Morgan fingerprint density at radius 2 is 2.00 bits per heavy atom. The number of fused-ring (bicyclic) bond motifs is 1. The topological polar surface area (TPSA) is 45.3 Å². The number of carbonyl (C=O) groups excluding carboxylic acids is 1. The maximum atomic E-state index is 12.8. The summed E-state index contributed by atoms with van der Waals surface area (Å²) in [5.74, 6) is 0. The molecule has 0 aliphatic carbocycles. The first kappa shape index (κ1) is 18.0. The molecule has 6 heteroatoms. The first-order chi connectivity index (χ1) is 11.6. The first-order valence-corrected chi connectivity index (χ1v) is 9.49. The standard InChI is InChI=1S/C18H33N3O3/c1-19(2)11-13-23-15-18-7-5-12-24-16(18)6-10-21(14-18)17(22)20-8-3-4-9-20/h16H,3-15H2,1-2H3/t16-,18-/m0/s1. The lowest BCUT2D eigenvalue weighted by Gasteiger charge is -2.50. The molecule has 3 saturated heterocycles. The second kappa shape index (κ2) is 8.02. The van der Waals surface area contributed by atoms with Crippen LogP contribution in [0.15, 0.2) is 0 Å². The third kappa shape index (κ3) is 4.03. The summed E-state index contributed by atoms with van der Waals surface area (Å²) in [6, 6.07) is 0.226. The Hall–Kier alpha value is -0.850. The minimum atomic E-state index is -0.0157. The molecule has 3 rings (SSSR count). The number of hydrogen-bond acceptors (Lipinski definition) is 4. The molecule has 3 aliphatic rings. The lowest BCUT2D eigenvalue weighted by atomic mass is 9.73. The van der Waals surface area contributed by atoms with Gasteiger partial charge in [-0.3, -0.25) is 0 Å². The minimum Gasteiger partial charge on any atom is -0.379 e.